The molecule has 0 aliphatic carbocycles. The third kappa shape index (κ3) is 3.89. The molecule has 0 saturated heterocycles. The molecule has 0 heterocycles. The molecule has 0 aromatic heterocycles. The van der Waals surface area contributed by atoms with Crippen molar-refractivity contribution in [2.45, 2.75) is 13.0 Å². The molecule has 0 bridgehead atoms. The van der Waals surface area contributed by atoms with E-state index < -0.39 is 0 Å². The van der Waals surface area contributed by atoms with E-state index in [9.17, 15) is 9.18 Å². The predicted molar refractivity (Wildman–Crippen MR) is 71.1 cm³/mol. The van der Waals surface area contributed by atoms with E-state index in [1.54, 1.807) is 36.4 Å². The summed E-state index contributed by atoms with van der Waals surface area (Å²) in [5.41, 5.74) is 2.21. The van der Waals surface area contributed by atoms with Gasteiger partial charge in [-0.15, -0.1) is 0 Å². The van der Waals surface area contributed by atoms with Crippen LogP contribution < -0.4 is 5.32 Å². The van der Waals surface area contributed by atoms with Crippen molar-refractivity contribution in [1.82, 2.24) is 0 Å². The van der Waals surface area contributed by atoms with Crippen molar-refractivity contribution in [2.75, 3.05) is 5.32 Å². The number of hydrogen-bond donors (Lipinski definition) is 2. The summed E-state index contributed by atoms with van der Waals surface area (Å²) in [5, 5.41) is 11.7. The molecule has 0 saturated carbocycles. The first kappa shape index (κ1) is 13.2. The van der Waals surface area contributed by atoms with Crippen molar-refractivity contribution >= 4 is 11.6 Å². The van der Waals surface area contributed by atoms with Crippen molar-refractivity contribution < 1.29 is 14.3 Å². The van der Waals surface area contributed by atoms with E-state index in [4.69, 9.17) is 5.11 Å². The van der Waals surface area contributed by atoms with E-state index in [-0.39, 0.29) is 24.8 Å². The van der Waals surface area contributed by atoms with Crippen LogP contribution in [0.1, 0.15) is 11.1 Å². The highest BCUT2D eigenvalue weighted by Gasteiger charge is 2.04. The second kappa shape index (κ2) is 6.11. The van der Waals surface area contributed by atoms with E-state index in [1.165, 1.54) is 12.1 Å². The standard InChI is InChI=1S/C15H14FNO2/c16-13-5-1-11(2-6-13)9-15(19)17-14-7-3-12(10-18)4-8-14/h1-8,18H,9-10H2,(H,17,19). The number of anilines is 1. The minimum Gasteiger partial charge on any atom is -0.392 e. The minimum absolute atomic E-state index is 0.0240. The summed E-state index contributed by atoms with van der Waals surface area (Å²) >= 11 is 0. The normalized spacial score (nSPS) is 10.2. The van der Waals surface area contributed by atoms with E-state index >= 15 is 0 Å². The SMILES string of the molecule is O=C(Cc1ccc(F)cc1)Nc1ccc(CO)cc1. The molecule has 0 aliphatic rings. The van der Waals surface area contributed by atoms with E-state index in [0.717, 1.165) is 11.1 Å². The van der Waals surface area contributed by atoms with Gasteiger partial charge in [-0.25, -0.2) is 4.39 Å². The van der Waals surface area contributed by atoms with E-state index in [2.05, 4.69) is 5.32 Å². The first-order valence-electron chi connectivity index (χ1n) is 5.91. The topological polar surface area (TPSA) is 49.3 Å². The zero-order valence-electron chi connectivity index (χ0n) is 10.3. The lowest BCUT2D eigenvalue weighted by Gasteiger charge is -2.06. The van der Waals surface area contributed by atoms with Crippen LogP contribution in [0.5, 0.6) is 0 Å². The molecule has 0 aliphatic heterocycles. The van der Waals surface area contributed by atoms with Gasteiger partial charge < -0.3 is 10.4 Å². The third-order valence-corrected chi connectivity index (χ3v) is 2.70. The zero-order chi connectivity index (χ0) is 13.7. The number of nitrogens with one attached hydrogen (secondary N) is 1. The summed E-state index contributed by atoms with van der Waals surface area (Å²) in [5.74, 6) is -0.480. The molecular formula is C15H14FNO2. The Bertz CT molecular complexity index is 549. The summed E-state index contributed by atoms with van der Waals surface area (Å²) < 4.78 is 12.7. The average molecular weight is 259 g/mol. The van der Waals surface area contributed by atoms with Crippen LogP contribution in [-0.2, 0) is 17.8 Å². The second-order valence-electron chi connectivity index (χ2n) is 4.21. The van der Waals surface area contributed by atoms with Crippen molar-refractivity contribution in [1.29, 1.82) is 0 Å². The van der Waals surface area contributed by atoms with Gasteiger partial charge in [0.1, 0.15) is 5.82 Å². The van der Waals surface area contributed by atoms with Gasteiger partial charge in [0.15, 0.2) is 0 Å². The fourth-order valence-corrected chi connectivity index (χ4v) is 1.69. The van der Waals surface area contributed by atoms with E-state index in [1.807, 2.05) is 0 Å². The molecule has 1 amide bonds. The summed E-state index contributed by atoms with van der Waals surface area (Å²) in [7, 11) is 0. The lowest BCUT2D eigenvalue weighted by Crippen LogP contribution is -2.14. The number of carbonyl (C=O) groups excluding carboxylic acids is 1. The van der Waals surface area contributed by atoms with Crippen molar-refractivity contribution in [3.05, 3.63) is 65.5 Å². The first-order chi connectivity index (χ1) is 9.17. The Morgan fingerprint density at radius 3 is 2.16 bits per heavy atom. The highest BCUT2D eigenvalue weighted by molar-refractivity contribution is 5.92. The maximum Gasteiger partial charge on any atom is 0.228 e. The molecule has 0 spiro atoms. The maximum atomic E-state index is 12.7. The Kier molecular flexibility index (Phi) is 4.26. The third-order valence-electron chi connectivity index (χ3n) is 2.70. The largest absolute Gasteiger partial charge is 0.392 e. The van der Waals surface area contributed by atoms with Gasteiger partial charge in [-0.05, 0) is 35.4 Å². The number of halogens is 1. The molecule has 2 aromatic carbocycles. The number of benzene rings is 2. The Hall–Kier alpha value is -2.20. The molecule has 0 atom stereocenters. The van der Waals surface area contributed by atoms with Crippen LogP contribution in [0.3, 0.4) is 0 Å². The summed E-state index contributed by atoms with van der Waals surface area (Å²) in [6, 6.07) is 12.8. The van der Waals surface area contributed by atoms with Gasteiger partial charge in [-0.2, -0.15) is 0 Å². The minimum atomic E-state index is -0.316. The molecule has 0 radical (unpaired) electrons. The molecule has 2 aromatic rings. The van der Waals surface area contributed by atoms with Gasteiger partial charge in [0.05, 0.1) is 13.0 Å². The Morgan fingerprint density at radius 1 is 1.00 bits per heavy atom. The van der Waals surface area contributed by atoms with Crippen molar-refractivity contribution in [3.63, 3.8) is 0 Å². The second-order valence-corrected chi connectivity index (χ2v) is 4.21. The van der Waals surface area contributed by atoms with Crippen molar-refractivity contribution in [2.24, 2.45) is 0 Å². The van der Waals surface area contributed by atoms with Crippen LogP contribution in [0.15, 0.2) is 48.5 Å². The average Bonchev–Trinajstić information content (AvgIpc) is 2.42. The van der Waals surface area contributed by atoms with Gasteiger partial charge in [0, 0.05) is 5.69 Å². The van der Waals surface area contributed by atoms with Gasteiger partial charge in [-0.1, -0.05) is 24.3 Å². The van der Waals surface area contributed by atoms with Crippen LogP contribution in [0, 0.1) is 5.82 Å². The van der Waals surface area contributed by atoms with Gasteiger partial charge in [0.2, 0.25) is 5.91 Å². The van der Waals surface area contributed by atoms with Gasteiger partial charge in [-0.3, -0.25) is 4.79 Å². The number of aliphatic hydroxyl groups is 1. The highest BCUT2D eigenvalue weighted by atomic mass is 19.1. The molecule has 3 nitrogen and oxygen atoms in total. The highest BCUT2D eigenvalue weighted by Crippen LogP contribution is 2.10. The van der Waals surface area contributed by atoms with Crippen LogP contribution in [0.2, 0.25) is 0 Å². The maximum absolute atomic E-state index is 12.7. The Morgan fingerprint density at radius 2 is 1.58 bits per heavy atom. The van der Waals surface area contributed by atoms with Crippen LogP contribution >= 0.6 is 0 Å². The van der Waals surface area contributed by atoms with Crippen molar-refractivity contribution in [3.8, 4) is 0 Å². The molecule has 0 unspecified atom stereocenters. The quantitative estimate of drug-likeness (QED) is 0.886. The molecule has 19 heavy (non-hydrogen) atoms. The smallest absolute Gasteiger partial charge is 0.228 e. The lowest BCUT2D eigenvalue weighted by atomic mass is 10.1. The van der Waals surface area contributed by atoms with Gasteiger partial charge in [0.25, 0.3) is 0 Å². The molecular weight excluding hydrogens is 245 g/mol. The Labute approximate surface area is 110 Å². The summed E-state index contributed by atoms with van der Waals surface area (Å²) in [6.45, 7) is -0.0240. The lowest BCUT2D eigenvalue weighted by molar-refractivity contribution is -0.115. The monoisotopic (exact) mass is 259 g/mol. The van der Waals surface area contributed by atoms with Crippen LogP contribution in [0.4, 0.5) is 10.1 Å². The Balaban J connectivity index is 1.95. The fourth-order valence-electron chi connectivity index (χ4n) is 1.69. The zero-order valence-corrected chi connectivity index (χ0v) is 10.3. The number of carbonyl (C=O) groups is 1. The van der Waals surface area contributed by atoms with E-state index in [0.29, 0.717) is 5.69 Å². The fraction of sp³-hybridized carbons (Fsp3) is 0.133. The number of rotatable bonds is 4. The molecule has 2 rings (SSSR count). The molecule has 4 heteroatoms. The summed E-state index contributed by atoms with van der Waals surface area (Å²) in [6.07, 6.45) is 0.196. The predicted octanol–water partition coefficient (Wildman–Crippen LogP) is 2.50. The first-order valence-corrected chi connectivity index (χ1v) is 5.91. The molecule has 2 N–H and O–H groups in total. The number of amides is 1. The number of aliphatic hydroxyl groups excluding tert-OH is 1. The molecule has 0 fully saturated rings. The van der Waals surface area contributed by atoms with Crippen LogP contribution in [0.25, 0.3) is 0 Å². The van der Waals surface area contributed by atoms with Gasteiger partial charge >= 0.3 is 0 Å². The summed E-state index contributed by atoms with van der Waals surface area (Å²) in [4.78, 5) is 11.8. The number of hydrogen-bond acceptors (Lipinski definition) is 2. The van der Waals surface area contributed by atoms with Crippen LogP contribution in [-0.4, -0.2) is 11.0 Å². The molecule has 98 valence electrons.